The van der Waals surface area contributed by atoms with E-state index in [1.165, 1.54) is 12.5 Å². The molecule has 0 bridgehead atoms. The number of aromatic amines is 1. The molecule has 0 aromatic carbocycles. The van der Waals surface area contributed by atoms with Crippen molar-refractivity contribution in [2.24, 2.45) is 0 Å². The van der Waals surface area contributed by atoms with Crippen molar-refractivity contribution in [3.05, 3.63) is 18.2 Å². The van der Waals surface area contributed by atoms with Crippen molar-refractivity contribution >= 4 is 16.0 Å². The molecular weight excluding hydrogens is 286 g/mol. The van der Waals surface area contributed by atoms with E-state index in [0.717, 1.165) is 6.42 Å². The van der Waals surface area contributed by atoms with Crippen molar-refractivity contribution < 1.29 is 23.1 Å². The summed E-state index contributed by atoms with van der Waals surface area (Å²) in [7, 11) is -3.70. The monoisotopic (exact) mass is 303 g/mol. The molecule has 2 heterocycles. The third-order valence-corrected chi connectivity index (χ3v) is 4.48. The van der Waals surface area contributed by atoms with Gasteiger partial charge in [-0.05, 0) is 12.8 Å². The van der Waals surface area contributed by atoms with Crippen LogP contribution in [-0.4, -0.2) is 54.0 Å². The Hall–Kier alpha value is -1.45. The van der Waals surface area contributed by atoms with Crippen LogP contribution in [0.2, 0.25) is 0 Å². The van der Waals surface area contributed by atoms with Gasteiger partial charge in [0.05, 0.1) is 18.2 Å². The van der Waals surface area contributed by atoms with Crippen LogP contribution in [0.25, 0.3) is 0 Å². The molecule has 112 valence electrons. The van der Waals surface area contributed by atoms with Crippen LogP contribution in [0.15, 0.2) is 12.5 Å². The molecule has 1 fully saturated rings. The smallest absolute Gasteiger partial charge is 0.322 e. The second-order valence-corrected chi connectivity index (χ2v) is 6.50. The van der Waals surface area contributed by atoms with Gasteiger partial charge in [0.1, 0.15) is 6.04 Å². The van der Waals surface area contributed by atoms with E-state index >= 15 is 0 Å². The highest BCUT2D eigenvalue weighted by Crippen LogP contribution is 2.14. The van der Waals surface area contributed by atoms with Crippen molar-refractivity contribution in [3.63, 3.8) is 0 Å². The molecular formula is C11H17N3O5S. The Balaban J connectivity index is 1.97. The lowest BCUT2D eigenvalue weighted by Crippen LogP contribution is -2.44. The zero-order valence-electron chi connectivity index (χ0n) is 10.8. The summed E-state index contributed by atoms with van der Waals surface area (Å²) in [4.78, 5) is 17.7. The number of rotatable bonds is 7. The zero-order valence-corrected chi connectivity index (χ0v) is 11.6. The average Bonchev–Trinajstić information content (AvgIpc) is 3.00. The Morgan fingerprint density at radius 1 is 1.65 bits per heavy atom. The van der Waals surface area contributed by atoms with Gasteiger partial charge in [0.15, 0.2) is 0 Å². The second kappa shape index (κ2) is 6.33. The number of carboxylic acids is 1. The van der Waals surface area contributed by atoms with Gasteiger partial charge in [0.2, 0.25) is 10.0 Å². The number of nitrogens with one attached hydrogen (secondary N) is 2. The largest absolute Gasteiger partial charge is 0.480 e. The number of ether oxygens (including phenoxy) is 1. The number of sulfonamides is 1. The SMILES string of the molecule is O=C(O)[C@H](Cc1cnc[nH]1)NS(=O)(=O)CC1CCCO1. The molecule has 3 N–H and O–H groups in total. The highest BCUT2D eigenvalue weighted by molar-refractivity contribution is 7.89. The Morgan fingerprint density at radius 3 is 3.00 bits per heavy atom. The highest BCUT2D eigenvalue weighted by Gasteiger charge is 2.28. The fraction of sp³-hybridized carbons (Fsp3) is 0.636. The third-order valence-electron chi connectivity index (χ3n) is 3.03. The molecule has 0 radical (unpaired) electrons. The van der Waals surface area contributed by atoms with E-state index in [-0.39, 0.29) is 18.3 Å². The summed E-state index contributed by atoms with van der Waals surface area (Å²) in [6.45, 7) is 0.552. The van der Waals surface area contributed by atoms with Crippen molar-refractivity contribution in [1.82, 2.24) is 14.7 Å². The quantitative estimate of drug-likeness (QED) is 0.624. The van der Waals surface area contributed by atoms with Gasteiger partial charge in [-0.3, -0.25) is 4.79 Å². The molecule has 1 aromatic rings. The summed E-state index contributed by atoms with van der Waals surface area (Å²) < 4.78 is 31.4. The zero-order chi connectivity index (χ0) is 14.6. The lowest BCUT2D eigenvalue weighted by atomic mass is 10.2. The third kappa shape index (κ3) is 4.29. The molecule has 0 saturated carbocycles. The van der Waals surface area contributed by atoms with Gasteiger partial charge >= 0.3 is 5.97 Å². The van der Waals surface area contributed by atoms with Gasteiger partial charge in [0.25, 0.3) is 0 Å². The van der Waals surface area contributed by atoms with Crippen molar-refractivity contribution in [3.8, 4) is 0 Å². The van der Waals surface area contributed by atoms with E-state index in [1.54, 1.807) is 0 Å². The predicted molar refractivity (Wildman–Crippen MR) is 69.6 cm³/mol. The number of aromatic nitrogens is 2. The van der Waals surface area contributed by atoms with Gasteiger partial charge in [0, 0.05) is 24.9 Å². The normalized spacial score (nSPS) is 20.9. The molecule has 1 aromatic heterocycles. The summed E-state index contributed by atoms with van der Waals surface area (Å²) in [6, 6.07) is -1.22. The topological polar surface area (TPSA) is 121 Å². The Morgan fingerprint density at radius 2 is 2.45 bits per heavy atom. The van der Waals surface area contributed by atoms with Crippen LogP contribution >= 0.6 is 0 Å². The molecule has 0 aliphatic carbocycles. The number of hydrogen-bond acceptors (Lipinski definition) is 5. The Labute approximate surface area is 116 Å². The number of nitrogens with zero attached hydrogens (tertiary/aromatic N) is 1. The lowest BCUT2D eigenvalue weighted by Gasteiger charge is -2.16. The molecule has 0 spiro atoms. The number of hydrogen-bond donors (Lipinski definition) is 3. The van der Waals surface area contributed by atoms with E-state index < -0.39 is 22.0 Å². The maximum absolute atomic E-state index is 11.9. The fourth-order valence-corrected chi connectivity index (χ4v) is 3.55. The molecule has 1 aliphatic rings. The summed E-state index contributed by atoms with van der Waals surface area (Å²) in [5, 5.41) is 9.10. The van der Waals surface area contributed by atoms with Gasteiger partial charge in [-0.15, -0.1) is 0 Å². The van der Waals surface area contributed by atoms with Crippen LogP contribution in [-0.2, 0) is 26.0 Å². The predicted octanol–water partition coefficient (Wildman–Crippen LogP) is -0.496. The molecule has 2 rings (SSSR count). The van der Waals surface area contributed by atoms with Crippen LogP contribution < -0.4 is 4.72 Å². The van der Waals surface area contributed by atoms with Gasteiger partial charge in [-0.2, -0.15) is 0 Å². The number of carboxylic acid groups (broad SMARTS) is 1. The van der Waals surface area contributed by atoms with Crippen LogP contribution in [0, 0.1) is 0 Å². The van der Waals surface area contributed by atoms with E-state index in [2.05, 4.69) is 14.7 Å². The summed E-state index contributed by atoms with van der Waals surface area (Å²) in [5.41, 5.74) is 0.553. The number of aliphatic carboxylic acids is 1. The number of carbonyl (C=O) groups is 1. The first-order valence-corrected chi connectivity index (χ1v) is 7.93. The number of H-pyrrole nitrogens is 1. The lowest BCUT2D eigenvalue weighted by molar-refractivity contribution is -0.138. The first-order chi connectivity index (χ1) is 9.46. The molecule has 1 unspecified atom stereocenters. The molecule has 8 nitrogen and oxygen atoms in total. The molecule has 20 heavy (non-hydrogen) atoms. The minimum atomic E-state index is -3.70. The van der Waals surface area contributed by atoms with E-state index in [1.807, 2.05) is 0 Å². The Bertz CT molecular complexity index is 536. The minimum Gasteiger partial charge on any atom is -0.480 e. The van der Waals surface area contributed by atoms with Gasteiger partial charge < -0.3 is 14.8 Å². The first-order valence-electron chi connectivity index (χ1n) is 6.28. The van der Waals surface area contributed by atoms with E-state index in [0.29, 0.717) is 18.7 Å². The summed E-state index contributed by atoms with van der Waals surface area (Å²) in [5.74, 6) is -1.43. The molecule has 0 amide bonds. The Kier molecular flexibility index (Phi) is 4.73. The van der Waals surface area contributed by atoms with Crippen LogP contribution in [0.5, 0.6) is 0 Å². The fourth-order valence-electron chi connectivity index (χ4n) is 2.08. The van der Waals surface area contributed by atoms with Gasteiger partial charge in [-0.1, -0.05) is 0 Å². The molecule has 9 heteroatoms. The van der Waals surface area contributed by atoms with Crippen LogP contribution in [0.3, 0.4) is 0 Å². The highest BCUT2D eigenvalue weighted by atomic mass is 32.2. The molecule has 1 saturated heterocycles. The molecule has 1 aliphatic heterocycles. The van der Waals surface area contributed by atoms with Crippen LogP contribution in [0.1, 0.15) is 18.5 Å². The van der Waals surface area contributed by atoms with E-state index in [9.17, 15) is 13.2 Å². The maximum atomic E-state index is 11.9. The van der Waals surface area contributed by atoms with Crippen molar-refractivity contribution in [2.75, 3.05) is 12.4 Å². The summed E-state index contributed by atoms with van der Waals surface area (Å²) >= 11 is 0. The number of imidazole rings is 1. The second-order valence-electron chi connectivity index (χ2n) is 4.71. The van der Waals surface area contributed by atoms with Crippen molar-refractivity contribution in [1.29, 1.82) is 0 Å². The average molecular weight is 303 g/mol. The molecule has 2 atom stereocenters. The van der Waals surface area contributed by atoms with E-state index in [4.69, 9.17) is 9.84 Å². The van der Waals surface area contributed by atoms with Gasteiger partial charge in [-0.25, -0.2) is 18.1 Å². The van der Waals surface area contributed by atoms with Crippen molar-refractivity contribution in [2.45, 2.75) is 31.4 Å². The van der Waals surface area contributed by atoms with Crippen LogP contribution in [0.4, 0.5) is 0 Å². The maximum Gasteiger partial charge on any atom is 0.322 e. The summed E-state index contributed by atoms with van der Waals surface area (Å²) in [6.07, 6.45) is 4.05. The minimum absolute atomic E-state index is 0.0140. The standard InChI is InChI=1S/C11H17N3O5S/c15-11(16)10(4-8-5-12-7-13-8)14-20(17,18)6-9-2-1-3-19-9/h5,7,9-10,14H,1-4,6H2,(H,12,13)(H,15,16)/t9?,10-/m0/s1. The first kappa shape index (κ1) is 14.9.